The summed E-state index contributed by atoms with van der Waals surface area (Å²) in [5.41, 5.74) is 0. The van der Waals surface area contributed by atoms with E-state index < -0.39 is 0 Å². The summed E-state index contributed by atoms with van der Waals surface area (Å²) < 4.78 is 0. The standard InChI is InChI=1S/C9H16.C7H13N/c1-2-8-4-6-9(3-1)7-5-8;1-4-8-5-2-7(1)3-6-8/h8-9H,1-7H2;7H,1-6H2. The summed E-state index contributed by atoms with van der Waals surface area (Å²) in [5, 5.41) is 0. The van der Waals surface area contributed by atoms with Gasteiger partial charge < -0.3 is 4.90 Å². The maximum absolute atomic E-state index is 2.58. The van der Waals surface area contributed by atoms with Crippen molar-refractivity contribution in [3.8, 4) is 0 Å². The van der Waals surface area contributed by atoms with Crippen molar-refractivity contribution in [2.45, 2.75) is 64.2 Å². The van der Waals surface area contributed by atoms with Crippen LogP contribution in [-0.4, -0.2) is 24.5 Å². The second-order valence-corrected chi connectivity index (χ2v) is 6.89. The Morgan fingerprint density at radius 1 is 0.471 bits per heavy atom. The highest BCUT2D eigenvalue weighted by Gasteiger charge is 2.25. The lowest BCUT2D eigenvalue weighted by Crippen LogP contribution is -2.41. The van der Waals surface area contributed by atoms with Crippen LogP contribution in [0.15, 0.2) is 0 Å². The van der Waals surface area contributed by atoms with Crippen molar-refractivity contribution in [2.24, 2.45) is 17.8 Å². The van der Waals surface area contributed by atoms with Crippen molar-refractivity contribution >= 4 is 0 Å². The number of fused-ring (bicyclic) bond motifs is 7. The molecule has 3 aliphatic heterocycles. The van der Waals surface area contributed by atoms with Crippen LogP contribution in [0.25, 0.3) is 0 Å². The topological polar surface area (TPSA) is 3.24 Å². The first-order valence-corrected chi connectivity index (χ1v) is 8.12. The minimum absolute atomic E-state index is 1.11. The third kappa shape index (κ3) is 3.24. The van der Waals surface area contributed by atoms with Gasteiger partial charge in [0.2, 0.25) is 0 Å². The molecule has 3 saturated heterocycles. The molecule has 0 amide bonds. The second kappa shape index (κ2) is 5.73. The number of rotatable bonds is 0. The molecule has 17 heavy (non-hydrogen) atoms. The molecule has 6 fully saturated rings. The van der Waals surface area contributed by atoms with Gasteiger partial charge in [-0.3, -0.25) is 0 Å². The summed E-state index contributed by atoms with van der Waals surface area (Å²) in [4.78, 5) is 2.58. The molecule has 0 unspecified atom stereocenters. The summed E-state index contributed by atoms with van der Waals surface area (Å²) in [7, 11) is 0. The Kier molecular flexibility index (Phi) is 4.05. The van der Waals surface area contributed by atoms with Crippen LogP contribution in [0, 0.1) is 17.8 Å². The van der Waals surface area contributed by atoms with Crippen LogP contribution < -0.4 is 0 Å². The first-order chi connectivity index (χ1) is 8.40. The van der Waals surface area contributed by atoms with Gasteiger partial charge in [-0.1, -0.05) is 44.9 Å². The Hall–Kier alpha value is -0.0400. The zero-order valence-electron chi connectivity index (χ0n) is 11.4. The zero-order valence-corrected chi connectivity index (χ0v) is 11.4. The first-order valence-electron chi connectivity index (χ1n) is 8.12. The molecule has 0 spiro atoms. The largest absolute Gasteiger partial charge is 0.303 e. The molecule has 98 valence electrons. The minimum atomic E-state index is 1.11. The quantitative estimate of drug-likeness (QED) is 0.611. The van der Waals surface area contributed by atoms with E-state index in [1.807, 2.05) is 0 Å². The highest BCUT2D eigenvalue weighted by atomic mass is 15.1. The van der Waals surface area contributed by atoms with Crippen LogP contribution >= 0.6 is 0 Å². The van der Waals surface area contributed by atoms with E-state index in [-0.39, 0.29) is 0 Å². The Balaban J connectivity index is 0.000000107. The van der Waals surface area contributed by atoms with E-state index in [0.29, 0.717) is 0 Å². The van der Waals surface area contributed by atoms with E-state index >= 15 is 0 Å². The molecule has 0 radical (unpaired) electrons. The minimum Gasteiger partial charge on any atom is -0.303 e. The number of nitrogens with zero attached hydrogens (tertiary/aromatic N) is 1. The van der Waals surface area contributed by atoms with Crippen LogP contribution in [0.4, 0.5) is 0 Å². The molecular formula is C16H29N. The second-order valence-electron chi connectivity index (χ2n) is 6.89. The fourth-order valence-corrected chi connectivity index (χ4v) is 4.37. The molecule has 3 heterocycles. The molecular weight excluding hydrogens is 206 g/mol. The lowest BCUT2D eigenvalue weighted by atomic mass is 9.84. The van der Waals surface area contributed by atoms with Gasteiger partial charge in [0.05, 0.1) is 0 Å². The predicted octanol–water partition coefficient (Wildman–Crippen LogP) is 4.08. The number of hydrogen-bond acceptors (Lipinski definition) is 1. The molecule has 1 heteroatoms. The molecule has 1 nitrogen and oxygen atoms in total. The van der Waals surface area contributed by atoms with Crippen LogP contribution in [0.2, 0.25) is 0 Å². The smallest absolute Gasteiger partial charge is 0.00161 e. The summed E-state index contributed by atoms with van der Waals surface area (Å²) in [5.74, 6) is 3.40. The molecule has 0 aromatic rings. The monoisotopic (exact) mass is 235 g/mol. The van der Waals surface area contributed by atoms with Crippen molar-refractivity contribution in [2.75, 3.05) is 19.6 Å². The Bertz CT molecular complexity index is 181. The maximum atomic E-state index is 2.58. The van der Waals surface area contributed by atoms with E-state index in [2.05, 4.69) is 4.90 Å². The Morgan fingerprint density at radius 2 is 0.882 bits per heavy atom. The molecule has 6 aliphatic rings. The maximum Gasteiger partial charge on any atom is -0.00161 e. The third-order valence-electron chi connectivity index (χ3n) is 5.75. The van der Waals surface area contributed by atoms with Gasteiger partial charge in [-0.25, -0.2) is 0 Å². The molecule has 3 aliphatic carbocycles. The van der Waals surface area contributed by atoms with Crippen LogP contribution in [0.1, 0.15) is 64.2 Å². The lowest BCUT2D eigenvalue weighted by Gasteiger charge is -2.38. The molecule has 4 bridgehead atoms. The van der Waals surface area contributed by atoms with Crippen molar-refractivity contribution in [3.05, 3.63) is 0 Å². The SMILES string of the molecule is C1CC2CCC(C1)CC2.C1CN2CCC1CC2. The first kappa shape index (κ1) is 12.0. The van der Waals surface area contributed by atoms with Gasteiger partial charge in [-0.15, -0.1) is 0 Å². The van der Waals surface area contributed by atoms with Crippen LogP contribution in [0.5, 0.6) is 0 Å². The predicted molar refractivity (Wildman–Crippen MR) is 73.1 cm³/mol. The summed E-state index contributed by atoms with van der Waals surface area (Å²) in [6, 6.07) is 0. The number of hydrogen-bond donors (Lipinski definition) is 0. The Morgan fingerprint density at radius 3 is 1.18 bits per heavy atom. The lowest BCUT2D eigenvalue weighted by molar-refractivity contribution is 0.111. The van der Waals surface area contributed by atoms with E-state index in [1.54, 1.807) is 38.5 Å². The highest BCUT2D eigenvalue weighted by Crippen LogP contribution is 2.38. The van der Waals surface area contributed by atoms with E-state index in [1.165, 1.54) is 45.3 Å². The van der Waals surface area contributed by atoms with E-state index in [4.69, 9.17) is 0 Å². The fraction of sp³-hybridized carbons (Fsp3) is 1.00. The third-order valence-corrected chi connectivity index (χ3v) is 5.75. The van der Waals surface area contributed by atoms with Gasteiger partial charge in [0.1, 0.15) is 0 Å². The zero-order chi connectivity index (χ0) is 11.5. The normalized spacial score (nSPS) is 43.8. The molecule has 0 atom stereocenters. The van der Waals surface area contributed by atoms with Crippen LogP contribution in [-0.2, 0) is 0 Å². The van der Waals surface area contributed by atoms with Gasteiger partial charge >= 0.3 is 0 Å². The van der Waals surface area contributed by atoms with Crippen molar-refractivity contribution in [1.82, 2.24) is 4.90 Å². The van der Waals surface area contributed by atoms with Gasteiger partial charge in [0, 0.05) is 0 Å². The molecule has 0 N–H and O–H groups in total. The average Bonchev–Trinajstić information content (AvgIpc) is 2.79. The molecule has 6 rings (SSSR count). The van der Waals surface area contributed by atoms with Crippen molar-refractivity contribution < 1.29 is 0 Å². The van der Waals surface area contributed by atoms with Crippen molar-refractivity contribution in [1.29, 1.82) is 0 Å². The van der Waals surface area contributed by atoms with Crippen LogP contribution in [0.3, 0.4) is 0 Å². The number of piperidine rings is 3. The average molecular weight is 235 g/mol. The summed E-state index contributed by atoms with van der Waals surface area (Å²) >= 11 is 0. The van der Waals surface area contributed by atoms with Crippen molar-refractivity contribution in [3.63, 3.8) is 0 Å². The molecule has 0 aromatic carbocycles. The van der Waals surface area contributed by atoms with E-state index in [9.17, 15) is 0 Å². The van der Waals surface area contributed by atoms with E-state index in [0.717, 1.165) is 17.8 Å². The summed E-state index contributed by atoms with van der Waals surface area (Å²) in [6.07, 6.45) is 15.3. The van der Waals surface area contributed by atoms with Gasteiger partial charge in [-0.05, 0) is 56.7 Å². The van der Waals surface area contributed by atoms with Gasteiger partial charge in [-0.2, -0.15) is 0 Å². The van der Waals surface area contributed by atoms with Gasteiger partial charge in [0.25, 0.3) is 0 Å². The summed E-state index contributed by atoms with van der Waals surface area (Å²) in [6.45, 7) is 4.18. The molecule has 0 aromatic heterocycles. The Labute approximate surface area is 107 Å². The van der Waals surface area contributed by atoms with Gasteiger partial charge in [0.15, 0.2) is 0 Å². The molecule has 3 saturated carbocycles. The fourth-order valence-electron chi connectivity index (χ4n) is 4.37. The highest BCUT2D eigenvalue weighted by molar-refractivity contribution is 4.79.